The summed E-state index contributed by atoms with van der Waals surface area (Å²) in [5, 5.41) is 0. The zero-order valence-corrected chi connectivity index (χ0v) is 15.6. The molecule has 2 heterocycles. The van der Waals surface area contributed by atoms with E-state index in [-0.39, 0.29) is 5.91 Å². The monoisotopic (exact) mass is 349 g/mol. The quantitative estimate of drug-likeness (QED) is 0.707. The van der Waals surface area contributed by atoms with E-state index in [9.17, 15) is 4.79 Å². The Kier molecular flexibility index (Phi) is 4.02. The van der Waals surface area contributed by atoms with Crippen molar-refractivity contribution in [2.24, 2.45) is 5.92 Å². The highest BCUT2D eigenvalue weighted by atomic mass is 16.3. The predicted octanol–water partition coefficient (Wildman–Crippen LogP) is 4.24. The van der Waals surface area contributed by atoms with E-state index in [1.807, 2.05) is 44.2 Å². The van der Waals surface area contributed by atoms with Gasteiger partial charge in [0.15, 0.2) is 0 Å². The lowest BCUT2D eigenvalue weighted by atomic mass is 10.1. The Morgan fingerprint density at radius 2 is 1.85 bits per heavy atom. The van der Waals surface area contributed by atoms with Crippen LogP contribution in [0.2, 0.25) is 0 Å². The molecule has 5 nitrogen and oxygen atoms in total. The minimum Gasteiger partial charge on any atom is -0.464 e. The molecule has 1 aromatic carbocycles. The van der Waals surface area contributed by atoms with Gasteiger partial charge in [-0.2, -0.15) is 0 Å². The van der Waals surface area contributed by atoms with E-state index in [1.54, 1.807) is 11.9 Å². The van der Waals surface area contributed by atoms with Crippen LogP contribution in [0.15, 0.2) is 34.7 Å². The highest BCUT2D eigenvalue weighted by molar-refractivity contribution is 5.97. The second-order valence-electron chi connectivity index (χ2n) is 7.38. The average Bonchev–Trinajstić information content (AvgIpc) is 3.16. The lowest BCUT2D eigenvalue weighted by molar-refractivity contribution is 0.0775. The molecule has 1 amide bonds. The molecule has 1 fully saturated rings. The zero-order chi connectivity index (χ0) is 18.4. The summed E-state index contributed by atoms with van der Waals surface area (Å²) in [6, 6.07) is 9.49. The smallest absolute Gasteiger partial charge is 0.254 e. The molecule has 4 rings (SSSR count). The topological polar surface area (TPSA) is 59.2 Å². The molecule has 3 aromatic rings. The van der Waals surface area contributed by atoms with E-state index in [2.05, 4.69) is 16.9 Å². The Labute approximate surface area is 153 Å². The van der Waals surface area contributed by atoms with Crippen molar-refractivity contribution in [3.63, 3.8) is 0 Å². The molecule has 5 heteroatoms. The fourth-order valence-electron chi connectivity index (χ4n) is 3.29. The third kappa shape index (κ3) is 3.09. The van der Waals surface area contributed by atoms with Crippen LogP contribution in [0.3, 0.4) is 0 Å². The number of furan rings is 1. The molecule has 2 atom stereocenters. The van der Waals surface area contributed by atoms with Gasteiger partial charge in [-0.25, -0.2) is 9.97 Å². The van der Waals surface area contributed by atoms with Crippen LogP contribution < -0.4 is 0 Å². The van der Waals surface area contributed by atoms with E-state index < -0.39 is 0 Å². The Bertz CT molecular complexity index is 992. The molecule has 0 bridgehead atoms. The summed E-state index contributed by atoms with van der Waals surface area (Å²) >= 11 is 0. The van der Waals surface area contributed by atoms with Gasteiger partial charge in [0.05, 0.1) is 29.0 Å². The molecule has 0 saturated heterocycles. The number of rotatable bonds is 4. The number of benzene rings is 1. The van der Waals surface area contributed by atoms with E-state index in [0.717, 1.165) is 33.9 Å². The average molecular weight is 349 g/mol. The Morgan fingerprint density at radius 3 is 2.54 bits per heavy atom. The van der Waals surface area contributed by atoms with Crippen LogP contribution in [0.1, 0.15) is 52.5 Å². The number of carbonyl (C=O) groups is 1. The predicted molar refractivity (Wildman–Crippen MR) is 100 cm³/mol. The number of aromatic nitrogens is 2. The first kappa shape index (κ1) is 16.8. The first-order valence-electron chi connectivity index (χ1n) is 9.01. The Balaban J connectivity index is 1.51. The van der Waals surface area contributed by atoms with E-state index in [1.165, 1.54) is 6.42 Å². The van der Waals surface area contributed by atoms with E-state index in [0.29, 0.717) is 23.9 Å². The molecule has 0 N–H and O–H groups in total. The van der Waals surface area contributed by atoms with Crippen molar-refractivity contribution in [1.82, 2.24) is 14.9 Å². The first-order valence-corrected chi connectivity index (χ1v) is 9.01. The highest BCUT2D eigenvalue weighted by Crippen LogP contribution is 2.47. The van der Waals surface area contributed by atoms with Crippen molar-refractivity contribution in [3.8, 4) is 0 Å². The first-order chi connectivity index (χ1) is 12.4. The minimum absolute atomic E-state index is 0.0512. The van der Waals surface area contributed by atoms with Crippen molar-refractivity contribution in [2.75, 3.05) is 7.05 Å². The summed E-state index contributed by atoms with van der Waals surface area (Å²) in [6.45, 7) is 6.55. The van der Waals surface area contributed by atoms with Crippen LogP contribution in [0.5, 0.6) is 0 Å². The number of aryl methyl sites for hydroxylation is 2. The van der Waals surface area contributed by atoms with Gasteiger partial charge in [-0.3, -0.25) is 4.79 Å². The molecule has 0 spiro atoms. The van der Waals surface area contributed by atoms with Crippen molar-refractivity contribution in [1.29, 1.82) is 0 Å². The molecule has 0 unspecified atom stereocenters. The zero-order valence-electron chi connectivity index (χ0n) is 15.6. The van der Waals surface area contributed by atoms with Crippen molar-refractivity contribution < 1.29 is 9.21 Å². The fourth-order valence-corrected chi connectivity index (χ4v) is 3.29. The number of hydrogen-bond donors (Lipinski definition) is 0. The largest absolute Gasteiger partial charge is 0.464 e. The third-order valence-electron chi connectivity index (χ3n) is 5.22. The van der Waals surface area contributed by atoms with Crippen molar-refractivity contribution in [3.05, 3.63) is 58.8 Å². The summed E-state index contributed by atoms with van der Waals surface area (Å²) in [4.78, 5) is 23.5. The number of hydrogen-bond acceptors (Lipinski definition) is 4. The third-order valence-corrected chi connectivity index (χ3v) is 5.22. The summed E-state index contributed by atoms with van der Waals surface area (Å²) in [6.07, 6.45) is 1.19. The number of amides is 1. The molecule has 26 heavy (non-hydrogen) atoms. The lowest BCUT2D eigenvalue weighted by Crippen LogP contribution is -2.26. The van der Waals surface area contributed by atoms with Gasteiger partial charge in [0.2, 0.25) is 0 Å². The summed E-state index contributed by atoms with van der Waals surface area (Å²) in [5.74, 6) is 3.07. The highest BCUT2D eigenvalue weighted by Gasteiger charge is 2.36. The maximum atomic E-state index is 12.8. The van der Waals surface area contributed by atoms with Crippen molar-refractivity contribution in [2.45, 2.75) is 39.7 Å². The minimum atomic E-state index is -0.0512. The van der Waals surface area contributed by atoms with Gasteiger partial charge in [0.1, 0.15) is 11.5 Å². The maximum Gasteiger partial charge on any atom is 0.254 e. The van der Waals surface area contributed by atoms with Crippen LogP contribution in [0.25, 0.3) is 11.0 Å². The SMILES string of the molecule is Cc1nc2ccc(C(=O)N(C)Cc3ccc([C@@H]4C[C@@H]4C)o3)cc2nc1C. The molecule has 1 aliphatic carbocycles. The number of carbonyl (C=O) groups excluding carboxylic acids is 1. The maximum absolute atomic E-state index is 12.8. The Morgan fingerprint density at radius 1 is 1.15 bits per heavy atom. The second-order valence-corrected chi connectivity index (χ2v) is 7.38. The summed E-state index contributed by atoms with van der Waals surface area (Å²) in [5.41, 5.74) is 3.96. The van der Waals surface area contributed by atoms with Gasteiger partial charge in [-0.05, 0) is 56.5 Å². The molecular weight excluding hydrogens is 326 g/mol. The molecular formula is C21H23N3O2. The molecule has 1 saturated carbocycles. The van der Waals surface area contributed by atoms with Gasteiger partial charge in [0, 0.05) is 18.5 Å². The van der Waals surface area contributed by atoms with E-state index in [4.69, 9.17) is 4.42 Å². The number of fused-ring (bicyclic) bond motifs is 1. The molecule has 0 radical (unpaired) electrons. The molecule has 0 aliphatic heterocycles. The molecule has 1 aliphatic rings. The molecule has 2 aromatic heterocycles. The normalized spacial score (nSPS) is 18.9. The van der Waals surface area contributed by atoms with Crippen LogP contribution in [-0.2, 0) is 6.54 Å². The van der Waals surface area contributed by atoms with Crippen LogP contribution in [0, 0.1) is 19.8 Å². The Hall–Kier alpha value is -2.69. The lowest BCUT2D eigenvalue weighted by Gasteiger charge is -2.16. The van der Waals surface area contributed by atoms with Gasteiger partial charge < -0.3 is 9.32 Å². The standard InChI is InChI=1S/C21H23N3O2/c1-12-9-17(12)20-8-6-16(26-20)11-24(4)21(25)15-5-7-18-19(10-15)23-14(3)13(2)22-18/h5-8,10,12,17H,9,11H2,1-4H3/t12-,17+/m0/s1. The van der Waals surface area contributed by atoms with Gasteiger partial charge in [-0.15, -0.1) is 0 Å². The van der Waals surface area contributed by atoms with E-state index >= 15 is 0 Å². The van der Waals surface area contributed by atoms with Gasteiger partial charge in [-0.1, -0.05) is 6.92 Å². The summed E-state index contributed by atoms with van der Waals surface area (Å²) in [7, 11) is 1.79. The van der Waals surface area contributed by atoms with Gasteiger partial charge in [0.25, 0.3) is 5.91 Å². The van der Waals surface area contributed by atoms with Crippen molar-refractivity contribution >= 4 is 16.9 Å². The second kappa shape index (κ2) is 6.24. The van der Waals surface area contributed by atoms with Crippen LogP contribution in [0.4, 0.5) is 0 Å². The van der Waals surface area contributed by atoms with Gasteiger partial charge >= 0.3 is 0 Å². The molecule has 134 valence electrons. The summed E-state index contributed by atoms with van der Waals surface area (Å²) < 4.78 is 5.92. The van der Waals surface area contributed by atoms with Crippen LogP contribution >= 0.6 is 0 Å². The fraction of sp³-hybridized carbons (Fsp3) is 0.381. The number of nitrogens with zero attached hydrogens (tertiary/aromatic N) is 3. The van der Waals surface area contributed by atoms with Crippen LogP contribution in [-0.4, -0.2) is 27.8 Å².